The second kappa shape index (κ2) is 10.5. The van der Waals surface area contributed by atoms with Gasteiger partial charge in [0.25, 0.3) is 0 Å². The van der Waals surface area contributed by atoms with Crippen molar-refractivity contribution in [2.45, 2.75) is 6.42 Å². The van der Waals surface area contributed by atoms with Gasteiger partial charge in [-0.2, -0.15) is 0 Å². The highest BCUT2D eigenvalue weighted by Gasteiger charge is 2.23. The molecular formula is C45H30. The molecule has 0 N–H and O–H groups in total. The van der Waals surface area contributed by atoms with Crippen LogP contribution in [0.25, 0.3) is 65.7 Å². The molecule has 1 aliphatic carbocycles. The number of hydrogen-bond acceptors (Lipinski definition) is 0. The van der Waals surface area contributed by atoms with E-state index in [9.17, 15) is 0 Å². The van der Waals surface area contributed by atoms with E-state index in [0.29, 0.717) is 0 Å². The zero-order valence-corrected chi connectivity index (χ0v) is 24.9. The van der Waals surface area contributed by atoms with Crippen LogP contribution in [-0.2, 0) is 6.42 Å². The summed E-state index contributed by atoms with van der Waals surface area (Å²) in [5.74, 6) is 0. The molecule has 8 aromatic rings. The number of hydrogen-bond donors (Lipinski definition) is 0. The summed E-state index contributed by atoms with van der Waals surface area (Å²) in [4.78, 5) is 0. The maximum Gasteiger partial charge on any atom is -0.000728 e. The van der Waals surface area contributed by atoms with Gasteiger partial charge in [0.15, 0.2) is 0 Å². The fourth-order valence-electron chi connectivity index (χ4n) is 7.44. The van der Waals surface area contributed by atoms with Crippen LogP contribution in [0.5, 0.6) is 0 Å². The zero-order chi connectivity index (χ0) is 29.7. The summed E-state index contributed by atoms with van der Waals surface area (Å²) in [6.45, 7) is 0. The van der Waals surface area contributed by atoms with E-state index in [1.807, 2.05) is 0 Å². The molecule has 0 atom stereocenters. The minimum atomic E-state index is 0.953. The highest BCUT2D eigenvalue weighted by Crippen LogP contribution is 2.44. The van der Waals surface area contributed by atoms with Gasteiger partial charge in [-0.25, -0.2) is 0 Å². The van der Waals surface area contributed by atoms with Crippen molar-refractivity contribution in [3.8, 4) is 22.3 Å². The average Bonchev–Trinajstić information content (AvgIpc) is 3.51. The number of allylic oxidation sites excluding steroid dienone is 1. The van der Waals surface area contributed by atoms with E-state index in [-0.39, 0.29) is 0 Å². The molecule has 0 nitrogen and oxygen atoms in total. The van der Waals surface area contributed by atoms with Crippen LogP contribution < -0.4 is 0 Å². The first kappa shape index (κ1) is 25.7. The fraction of sp³-hybridized carbons (Fsp3) is 0.0222. The molecule has 0 heterocycles. The van der Waals surface area contributed by atoms with Gasteiger partial charge in [-0.3, -0.25) is 0 Å². The lowest BCUT2D eigenvalue weighted by Crippen LogP contribution is -1.91. The fourth-order valence-corrected chi connectivity index (χ4v) is 7.44. The molecule has 0 aliphatic heterocycles. The summed E-state index contributed by atoms with van der Waals surface area (Å²) in [5, 5.41) is 7.74. The predicted octanol–water partition coefficient (Wildman–Crippen LogP) is 12.0. The molecule has 45 heavy (non-hydrogen) atoms. The Kier molecular flexibility index (Phi) is 5.99. The van der Waals surface area contributed by atoms with Gasteiger partial charge in [0.05, 0.1) is 0 Å². The van der Waals surface area contributed by atoms with Crippen molar-refractivity contribution >= 4 is 43.5 Å². The Hall–Kier alpha value is -5.72. The summed E-state index contributed by atoms with van der Waals surface area (Å²) in [6.07, 6.45) is 0.953. The molecule has 0 bridgehead atoms. The van der Waals surface area contributed by atoms with E-state index in [4.69, 9.17) is 0 Å². The number of fused-ring (bicyclic) bond motifs is 6. The third-order valence-electron chi connectivity index (χ3n) is 9.53. The number of benzene rings is 8. The first-order valence-electron chi connectivity index (χ1n) is 15.7. The first-order valence-corrected chi connectivity index (χ1v) is 15.7. The van der Waals surface area contributed by atoms with E-state index >= 15 is 0 Å². The monoisotopic (exact) mass is 570 g/mol. The lowest BCUT2D eigenvalue weighted by atomic mass is 9.87. The molecule has 0 aromatic heterocycles. The van der Waals surface area contributed by atoms with Crippen molar-refractivity contribution < 1.29 is 0 Å². The molecule has 0 saturated carbocycles. The molecular weight excluding hydrogens is 540 g/mol. The van der Waals surface area contributed by atoms with Crippen LogP contribution in [0.4, 0.5) is 0 Å². The summed E-state index contributed by atoms with van der Waals surface area (Å²) >= 11 is 0. The van der Waals surface area contributed by atoms with Gasteiger partial charge in [-0.05, 0) is 107 Å². The van der Waals surface area contributed by atoms with Crippen LogP contribution in [0.15, 0.2) is 170 Å². The van der Waals surface area contributed by atoms with Crippen LogP contribution >= 0.6 is 0 Å². The normalized spacial score (nSPS) is 12.7. The Morgan fingerprint density at radius 1 is 0.289 bits per heavy atom. The van der Waals surface area contributed by atoms with Gasteiger partial charge in [0.2, 0.25) is 0 Å². The first-order chi connectivity index (χ1) is 22.3. The Labute approximate surface area is 263 Å². The lowest BCUT2D eigenvalue weighted by molar-refractivity contribution is 1.32. The molecule has 0 fully saturated rings. The van der Waals surface area contributed by atoms with Crippen LogP contribution in [0.1, 0.15) is 22.3 Å². The lowest BCUT2D eigenvalue weighted by Gasteiger charge is -2.16. The second-order valence-electron chi connectivity index (χ2n) is 12.0. The van der Waals surface area contributed by atoms with Gasteiger partial charge < -0.3 is 0 Å². The minimum Gasteiger partial charge on any atom is -0.0622 e. The summed E-state index contributed by atoms with van der Waals surface area (Å²) < 4.78 is 0. The Morgan fingerprint density at radius 3 is 1.33 bits per heavy atom. The van der Waals surface area contributed by atoms with Crippen LogP contribution in [-0.4, -0.2) is 0 Å². The van der Waals surface area contributed by atoms with Gasteiger partial charge >= 0.3 is 0 Å². The Balaban J connectivity index is 1.23. The van der Waals surface area contributed by atoms with Gasteiger partial charge in [-0.1, -0.05) is 158 Å². The molecule has 0 amide bonds. The average molecular weight is 571 g/mol. The molecule has 0 saturated heterocycles. The minimum absolute atomic E-state index is 0.953. The topological polar surface area (TPSA) is 0 Å². The van der Waals surface area contributed by atoms with Crippen molar-refractivity contribution in [2.75, 3.05) is 0 Å². The predicted molar refractivity (Wildman–Crippen MR) is 192 cm³/mol. The van der Waals surface area contributed by atoms with Crippen LogP contribution in [0.3, 0.4) is 0 Å². The third-order valence-corrected chi connectivity index (χ3v) is 9.53. The van der Waals surface area contributed by atoms with Crippen molar-refractivity contribution in [3.63, 3.8) is 0 Å². The van der Waals surface area contributed by atoms with Crippen molar-refractivity contribution in [1.29, 1.82) is 0 Å². The molecule has 0 heteroatoms. The summed E-state index contributed by atoms with van der Waals surface area (Å²) in [5.41, 5.74) is 13.1. The summed E-state index contributed by atoms with van der Waals surface area (Å²) in [6, 6.07) is 62.4. The SMILES string of the molecule is c1ccc(C2=C(c3ccc(-c4cc5c6ccccc6c(-c6ccccc6)cc5c5ccccc45)cc3)Cc3ccccc32)cc1. The van der Waals surface area contributed by atoms with Crippen LogP contribution in [0.2, 0.25) is 0 Å². The molecule has 0 spiro atoms. The third kappa shape index (κ3) is 4.22. The van der Waals surface area contributed by atoms with Gasteiger partial charge in [-0.15, -0.1) is 0 Å². The van der Waals surface area contributed by atoms with Crippen molar-refractivity contribution in [2.24, 2.45) is 0 Å². The van der Waals surface area contributed by atoms with E-state index in [1.54, 1.807) is 0 Å². The molecule has 0 unspecified atom stereocenters. The standard InChI is InChI=1S/C45H30/c1-3-13-30(14-4-1)40-28-43-39-22-12-10-20-37(39)41(29-44(43)38-21-11-9-19-36(38)40)31-23-25-32(26-24-31)42-27-34-17-7-8-18-35(34)45(42)33-15-5-2-6-16-33/h1-26,28-29H,27H2. The Bertz CT molecular complexity index is 2410. The van der Waals surface area contributed by atoms with Crippen molar-refractivity contribution in [1.82, 2.24) is 0 Å². The largest absolute Gasteiger partial charge is 0.0622 e. The second-order valence-corrected chi connectivity index (χ2v) is 12.0. The molecule has 0 radical (unpaired) electrons. The highest BCUT2D eigenvalue weighted by atomic mass is 14.3. The smallest absolute Gasteiger partial charge is 0.000728 e. The van der Waals surface area contributed by atoms with Gasteiger partial charge in [0.1, 0.15) is 0 Å². The maximum atomic E-state index is 2.42. The molecule has 9 rings (SSSR count). The van der Waals surface area contributed by atoms with E-state index in [0.717, 1.165) is 6.42 Å². The Morgan fingerprint density at radius 2 is 0.733 bits per heavy atom. The van der Waals surface area contributed by atoms with E-state index in [2.05, 4.69) is 170 Å². The van der Waals surface area contributed by atoms with E-state index in [1.165, 1.54) is 88.0 Å². The number of rotatable bonds is 4. The quantitative estimate of drug-likeness (QED) is 0.185. The maximum absolute atomic E-state index is 2.42. The van der Waals surface area contributed by atoms with Crippen molar-refractivity contribution in [3.05, 3.63) is 192 Å². The van der Waals surface area contributed by atoms with E-state index < -0.39 is 0 Å². The van der Waals surface area contributed by atoms with Crippen LogP contribution in [0, 0.1) is 0 Å². The van der Waals surface area contributed by atoms with Gasteiger partial charge in [0, 0.05) is 0 Å². The highest BCUT2D eigenvalue weighted by molar-refractivity contribution is 6.23. The zero-order valence-electron chi connectivity index (χ0n) is 24.9. The summed E-state index contributed by atoms with van der Waals surface area (Å²) in [7, 11) is 0. The molecule has 8 aromatic carbocycles. The molecule has 1 aliphatic rings. The molecule has 210 valence electrons.